The number of carbonyl (C=O) groups excluding carboxylic acids is 1. The maximum absolute atomic E-state index is 12.9. The minimum absolute atomic E-state index is 0.169. The Morgan fingerprint density at radius 3 is 2.58 bits per heavy atom. The van der Waals surface area contributed by atoms with Gasteiger partial charge in [-0.1, -0.05) is 24.3 Å². The first kappa shape index (κ1) is 23.7. The van der Waals surface area contributed by atoms with Crippen LogP contribution in [0.25, 0.3) is 22.3 Å². The van der Waals surface area contributed by atoms with Gasteiger partial charge in [-0.25, -0.2) is 14.6 Å². The smallest absolute Gasteiger partial charge is 0.264 e. The van der Waals surface area contributed by atoms with Crippen LogP contribution in [0.3, 0.4) is 0 Å². The van der Waals surface area contributed by atoms with Gasteiger partial charge in [0.2, 0.25) is 0 Å². The summed E-state index contributed by atoms with van der Waals surface area (Å²) in [5.74, 6) is 2.25. The quantitative estimate of drug-likeness (QED) is 0.288. The van der Waals surface area contributed by atoms with Gasteiger partial charge >= 0.3 is 0 Å². The number of hydrogen-bond acceptors (Lipinski definition) is 7. The minimum atomic E-state index is -0.169. The first-order valence-electron chi connectivity index (χ1n) is 12.8. The summed E-state index contributed by atoms with van der Waals surface area (Å²) in [4.78, 5) is 23.4. The predicted molar refractivity (Wildman–Crippen MR) is 143 cm³/mol. The number of nitrogens with zero attached hydrogens (tertiary/aromatic N) is 6. The average molecular weight is 506 g/mol. The minimum Gasteiger partial charge on any atom is -0.457 e. The van der Waals surface area contributed by atoms with Crippen LogP contribution in [0, 0.1) is 23.2 Å². The number of rotatable bonds is 7. The van der Waals surface area contributed by atoms with Crippen LogP contribution in [0.2, 0.25) is 0 Å². The molecule has 2 N–H and O–H groups in total. The zero-order valence-electron chi connectivity index (χ0n) is 20.8. The molecular weight excluding hydrogens is 478 g/mol. The third-order valence-corrected chi connectivity index (χ3v) is 7.04. The van der Waals surface area contributed by atoms with Crippen molar-refractivity contribution >= 4 is 22.8 Å². The van der Waals surface area contributed by atoms with Crippen molar-refractivity contribution in [2.45, 2.75) is 25.8 Å². The molecule has 0 radical (unpaired) electrons. The number of nitriles is 1. The van der Waals surface area contributed by atoms with E-state index in [1.165, 1.54) is 6.33 Å². The molecule has 1 saturated heterocycles. The van der Waals surface area contributed by atoms with Gasteiger partial charge in [0.1, 0.15) is 41.0 Å². The second-order valence-electron chi connectivity index (χ2n) is 9.86. The van der Waals surface area contributed by atoms with Gasteiger partial charge in [0.05, 0.1) is 5.39 Å². The molecule has 38 heavy (non-hydrogen) atoms. The highest BCUT2D eigenvalue weighted by atomic mass is 16.5. The van der Waals surface area contributed by atoms with E-state index in [2.05, 4.69) is 16.0 Å². The number of carbonyl (C=O) groups is 1. The van der Waals surface area contributed by atoms with Gasteiger partial charge in [-0.15, -0.1) is 0 Å². The molecule has 1 aliphatic carbocycles. The van der Waals surface area contributed by atoms with Crippen LogP contribution in [0.1, 0.15) is 19.3 Å². The highest BCUT2D eigenvalue weighted by molar-refractivity contribution is 5.98. The number of ether oxygens (including phenoxy) is 1. The molecule has 0 bridgehead atoms. The second kappa shape index (κ2) is 9.98. The van der Waals surface area contributed by atoms with Crippen molar-refractivity contribution in [3.05, 3.63) is 72.6 Å². The molecule has 2 aromatic heterocycles. The number of fused-ring (bicyclic) bond motifs is 1. The van der Waals surface area contributed by atoms with E-state index in [0.717, 1.165) is 36.3 Å². The molecular formula is C29H27N7O2. The molecule has 1 atom stereocenters. The zero-order valence-corrected chi connectivity index (χ0v) is 20.8. The molecule has 4 aromatic rings. The van der Waals surface area contributed by atoms with Crippen LogP contribution in [0.15, 0.2) is 72.6 Å². The third kappa shape index (κ3) is 4.81. The SMILES string of the molecule is N#CC(=CC1CC1)C(=O)N1CCC(Cn2nc(-c3ccc(Oc4ccccc4)cc3)c3c(N)ncnc32)C1. The number of amides is 1. The Morgan fingerprint density at radius 2 is 1.84 bits per heavy atom. The van der Waals surface area contributed by atoms with Gasteiger partial charge in [-0.2, -0.15) is 10.4 Å². The molecule has 2 aliphatic rings. The Kier molecular flexibility index (Phi) is 6.22. The Morgan fingerprint density at radius 1 is 1.08 bits per heavy atom. The van der Waals surface area contributed by atoms with Crippen molar-refractivity contribution < 1.29 is 9.53 Å². The van der Waals surface area contributed by atoms with E-state index < -0.39 is 0 Å². The molecule has 9 heteroatoms. The Hall–Kier alpha value is -4.71. The largest absolute Gasteiger partial charge is 0.457 e. The molecule has 190 valence electrons. The summed E-state index contributed by atoms with van der Waals surface area (Å²) in [6, 6.07) is 19.4. The molecule has 9 nitrogen and oxygen atoms in total. The van der Waals surface area contributed by atoms with Crippen LogP contribution < -0.4 is 10.5 Å². The first-order valence-corrected chi connectivity index (χ1v) is 12.8. The number of benzene rings is 2. The van der Waals surface area contributed by atoms with Crippen LogP contribution in [-0.4, -0.2) is 43.6 Å². The summed E-state index contributed by atoms with van der Waals surface area (Å²) >= 11 is 0. The summed E-state index contributed by atoms with van der Waals surface area (Å²) in [6.45, 7) is 1.78. The number of para-hydroxylation sites is 1. The van der Waals surface area contributed by atoms with E-state index in [9.17, 15) is 10.1 Å². The van der Waals surface area contributed by atoms with Gasteiger partial charge in [0, 0.05) is 25.2 Å². The fourth-order valence-corrected chi connectivity index (χ4v) is 4.90. The lowest BCUT2D eigenvalue weighted by Gasteiger charge is -2.16. The fourth-order valence-electron chi connectivity index (χ4n) is 4.90. The molecule has 2 fully saturated rings. The van der Waals surface area contributed by atoms with Gasteiger partial charge < -0.3 is 15.4 Å². The molecule has 1 amide bonds. The molecule has 1 saturated carbocycles. The van der Waals surface area contributed by atoms with E-state index in [1.807, 2.05) is 65.4 Å². The summed E-state index contributed by atoms with van der Waals surface area (Å²) in [7, 11) is 0. The third-order valence-electron chi connectivity index (χ3n) is 7.04. The van der Waals surface area contributed by atoms with E-state index >= 15 is 0 Å². The Labute approximate surface area is 220 Å². The lowest BCUT2D eigenvalue weighted by atomic mass is 10.1. The lowest BCUT2D eigenvalue weighted by molar-refractivity contribution is -0.125. The Bertz CT molecular complexity index is 1550. The van der Waals surface area contributed by atoms with Crippen LogP contribution in [0.4, 0.5) is 5.82 Å². The second-order valence-corrected chi connectivity index (χ2v) is 9.86. The summed E-state index contributed by atoms with van der Waals surface area (Å²) in [5.41, 5.74) is 8.79. The Balaban J connectivity index is 1.22. The summed E-state index contributed by atoms with van der Waals surface area (Å²) in [5, 5.41) is 15.1. The van der Waals surface area contributed by atoms with Crippen LogP contribution >= 0.6 is 0 Å². The van der Waals surface area contributed by atoms with Gasteiger partial charge in [-0.3, -0.25) is 4.79 Å². The maximum atomic E-state index is 12.9. The number of aromatic nitrogens is 4. The number of nitrogen functional groups attached to an aromatic ring is 1. The van der Waals surface area contributed by atoms with Gasteiger partial charge in [0.15, 0.2) is 5.65 Å². The zero-order chi connectivity index (χ0) is 26.1. The van der Waals surface area contributed by atoms with Crippen molar-refractivity contribution in [1.82, 2.24) is 24.6 Å². The van der Waals surface area contributed by atoms with E-state index in [1.54, 1.807) is 4.90 Å². The number of nitrogens with two attached hydrogens (primary N) is 1. The van der Waals surface area contributed by atoms with Gasteiger partial charge in [0.25, 0.3) is 5.91 Å². The van der Waals surface area contributed by atoms with E-state index in [0.29, 0.717) is 48.1 Å². The molecule has 2 aromatic carbocycles. The normalized spacial score (nSPS) is 17.5. The topological polar surface area (TPSA) is 123 Å². The maximum Gasteiger partial charge on any atom is 0.264 e. The van der Waals surface area contributed by atoms with Crippen molar-refractivity contribution in [2.75, 3.05) is 18.8 Å². The number of anilines is 1. The number of allylic oxidation sites excluding steroid dienone is 1. The van der Waals surface area contributed by atoms with Crippen molar-refractivity contribution in [1.29, 1.82) is 5.26 Å². The van der Waals surface area contributed by atoms with Crippen molar-refractivity contribution in [2.24, 2.45) is 11.8 Å². The van der Waals surface area contributed by atoms with Crippen LogP contribution in [-0.2, 0) is 11.3 Å². The molecule has 6 rings (SSSR count). The fraction of sp³-hybridized carbons (Fsp3) is 0.276. The van der Waals surface area contributed by atoms with Crippen molar-refractivity contribution in [3.8, 4) is 28.8 Å². The monoisotopic (exact) mass is 505 g/mol. The molecule has 1 aliphatic heterocycles. The first-order chi connectivity index (χ1) is 18.6. The summed E-state index contributed by atoms with van der Waals surface area (Å²) in [6.07, 6.45) is 6.23. The van der Waals surface area contributed by atoms with Crippen LogP contribution in [0.5, 0.6) is 11.5 Å². The molecule has 3 heterocycles. The molecule has 0 spiro atoms. The highest BCUT2D eigenvalue weighted by Crippen LogP contribution is 2.34. The summed E-state index contributed by atoms with van der Waals surface area (Å²) < 4.78 is 7.78. The lowest BCUT2D eigenvalue weighted by Crippen LogP contribution is -2.30. The van der Waals surface area contributed by atoms with Gasteiger partial charge in [-0.05, 0) is 67.5 Å². The molecule has 1 unspecified atom stereocenters. The van der Waals surface area contributed by atoms with Crippen molar-refractivity contribution in [3.63, 3.8) is 0 Å². The highest BCUT2D eigenvalue weighted by Gasteiger charge is 2.31. The van der Waals surface area contributed by atoms with E-state index in [4.69, 9.17) is 15.6 Å². The number of hydrogen-bond donors (Lipinski definition) is 1. The standard InChI is InChI=1S/C29H27N7O2/c30-15-22(14-19-6-7-19)29(37)35-13-12-20(16-35)17-36-28-25(27(31)32-18-33-28)26(34-36)21-8-10-24(11-9-21)38-23-4-2-1-3-5-23/h1-5,8-11,14,18-20H,6-7,12-13,16-17H2,(H2,31,32,33). The average Bonchev–Trinajstić information content (AvgIpc) is 3.51. The number of likely N-dealkylation sites (tertiary alicyclic amines) is 1. The predicted octanol–water partition coefficient (Wildman–Crippen LogP) is 4.58. The van der Waals surface area contributed by atoms with E-state index in [-0.39, 0.29) is 17.4 Å².